The van der Waals surface area contributed by atoms with Crippen molar-refractivity contribution in [1.29, 1.82) is 0 Å². The van der Waals surface area contributed by atoms with Crippen LogP contribution in [0.15, 0.2) is 12.3 Å². The maximum atomic E-state index is 4.92. The summed E-state index contributed by atoms with van der Waals surface area (Å²) in [5.41, 5.74) is 1.79. The topological polar surface area (TPSA) is 29.9 Å². The molecule has 2 bridgehead atoms. The molecular formula is C18H31N3. The Hall–Kier alpha value is -0.830. The fourth-order valence-electron chi connectivity index (χ4n) is 5.10. The van der Waals surface area contributed by atoms with Gasteiger partial charge < -0.3 is 5.32 Å². The predicted octanol–water partition coefficient (Wildman–Crippen LogP) is 3.81. The first-order valence-corrected chi connectivity index (χ1v) is 8.89. The van der Waals surface area contributed by atoms with Crippen LogP contribution in [0.2, 0.25) is 0 Å². The fourth-order valence-corrected chi connectivity index (χ4v) is 5.10. The average molecular weight is 289 g/mol. The first-order valence-electron chi connectivity index (χ1n) is 8.89. The van der Waals surface area contributed by atoms with Crippen LogP contribution >= 0.6 is 0 Å². The van der Waals surface area contributed by atoms with Gasteiger partial charge in [0, 0.05) is 12.7 Å². The molecule has 3 rings (SSSR count). The monoisotopic (exact) mass is 289 g/mol. The largest absolute Gasteiger partial charge is 0.319 e. The molecule has 3 atom stereocenters. The van der Waals surface area contributed by atoms with Crippen molar-refractivity contribution in [2.45, 2.75) is 64.8 Å². The highest BCUT2D eigenvalue weighted by Crippen LogP contribution is 2.56. The lowest BCUT2D eigenvalue weighted by Gasteiger charge is -2.37. The maximum absolute atomic E-state index is 4.92. The number of fused-ring (bicyclic) bond motifs is 2. The zero-order chi connectivity index (χ0) is 14.9. The van der Waals surface area contributed by atoms with Crippen LogP contribution in [0.3, 0.4) is 0 Å². The smallest absolute Gasteiger partial charge is 0.0630 e. The average Bonchev–Trinajstić information content (AvgIpc) is 3.17. The number of hydrogen-bond donors (Lipinski definition) is 1. The molecule has 21 heavy (non-hydrogen) atoms. The van der Waals surface area contributed by atoms with Crippen molar-refractivity contribution in [2.24, 2.45) is 17.3 Å². The van der Waals surface area contributed by atoms with Gasteiger partial charge in [-0.3, -0.25) is 4.68 Å². The Bertz CT molecular complexity index is 463. The van der Waals surface area contributed by atoms with Gasteiger partial charge in [-0.25, -0.2) is 0 Å². The molecule has 2 aliphatic rings. The first-order chi connectivity index (χ1) is 10.2. The second-order valence-corrected chi connectivity index (χ2v) is 7.41. The van der Waals surface area contributed by atoms with E-state index in [2.05, 4.69) is 43.2 Å². The molecule has 0 radical (unpaired) electrons. The molecule has 0 amide bonds. The van der Waals surface area contributed by atoms with Crippen LogP contribution in [-0.4, -0.2) is 23.4 Å². The summed E-state index contributed by atoms with van der Waals surface area (Å²) in [6.45, 7) is 5.67. The summed E-state index contributed by atoms with van der Waals surface area (Å²) < 4.78 is 2.20. The number of aromatic nitrogens is 2. The zero-order valence-electron chi connectivity index (χ0n) is 13.9. The number of nitrogens with one attached hydrogen (secondary N) is 1. The zero-order valence-corrected chi connectivity index (χ0v) is 13.9. The first kappa shape index (κ1) is 15.1. The van der Waals surface area contributed by atoms with Gasteiger partial charge in [0.2, 0.25) is 0 Å². The Labute approximate surface area is 129 Å². The molecule has 3 heteroatoms. The minimum atomic E-state index is 0.477. The molecule has 2 aliphatic carbocycles. The highest BCUT2D eigenvalue weighted by Gasteiger charge is 2.50. The molecule has 0 spiro atoms. The predicted molar refractivity (Wildman–Crippen MR) is 87.4 cm³/mol. The Kier molecular flexibility index (Phi) is 4.39. The Morgan fingerprint density at radius 3 is 2.76 bits per heavy atom. The fraction of sp³-hybridized carbons (Fsp3) is 0.833. The lowest BCUT2D eigenvalue weighted by Crippen LogP contribution is -2.39. The van der Waals surface area contributed by atoms with Gasteiger partial charge >= 0.3 is 0 Å². The third-order valence-corrected chi connectivity index (χ3v) is 6.14. The third kappa shape index (κ3) is 2.77. The van der Waals surface area contributed by atoms with Crippen molar-refractivity contribution < 1.29 is 0 Å². The van der Waals surface area contributed by atoms with Gasteiger partial charge in [-0.1, -0.05) is 20.3 Å². The van der Waals surface area contributed by atoms with E-state index >= 15 is 0 Å². The molecule has 2 fully saturated rings. The van der Waals surface area contributed by atoms with E-state index in [1.165, 1.54) is 50.6 Å². The summed E-state index contributed by atoms with van der Waals surface area (Å²) in [5.74, 6) is 1.91. The van der Waals surface area contributed by atoms with Crippen molar-refractivity contribution >= 4 is 0 Å². The number of hydrogen-bond acceptors (Lipinski definition) is 2. The van der Waals surface area contributed by atoms with Crippen LogP contribution in [0.1, 0.15) is 64.1 Å². The van der Waals surface area contributed by atoms with Crippen LogP contribution < -0.4 is 5.32 Å². The van der Waals surface area contributed by atoms with Crippen molar-refractivity contribution in [2.75, 3.05) is 13.6 Å². The molecule has 118 valence electrons. The van der Waals surface area contributed by atoms with Gasteiger partial charge in [0.1, 0.15) is 0 Å². The number of nitrogens with zero attached hydrogens (tertiary/aromatic N) is 2. The normalized spacial score (nSPS) is 31.4. The van der Waals surface area contributed by atoms with E-state index in [0.717, 1.165) is 18.4 Å². The Morgan fingerprint density at radius 2 is 2.19 bits per heavy atom. The highest BCUT2D eigenvalue weighted by molar-refractivity contribution is 5.10. The van der Waals surface area contributed by atoms with Crippen LogP contribution in [0.25, 0.3) is 0 Å². The minimum Gasteiger partial charge on any atom is -0.319 e. The van der Waals surface area contributed by atoms with Crippen LogP contribution in [-0.2, 0) is 6.42 Å². The van der Waals surface area contributed by atoms with Gasteiger partial charge in [-0.15, -0.1) is 0 Å². The molecule has 1 heterocycles. The van der Waals surface area contributed by atoms with Gasteiger partial charge in [-0.05, 0) is 68.9 Å². The molecule has 0 aromatic carbocycles. The van der Waals surface area contributed by atoms with Crippen LogP contribution in [0, 0.1) is 17.3 Å². The standard InChI is InChI=1S/C18H31N3/c1-4-17(5-2)21-9-8-16(20-21)12-18(13-19-3)11-14-6-7-15(18)10-14/h8-9,14-15,17,19H,4-7,10-13H2,1-3H3. The lowest BCUT2D eigenvalue weighted by atomic mass is 9.70. The summed E-state index contributed by atoms with van der Waals surface area (Å²) >= 11 is 0. The molecule has 0 saturated heterocycles. The van der Waals surface area contributed by atoms with Crippen LogP contribution in [0.5, 0.6) is 0 Å². The molecule has 1 N–H and O–H groups in total. The summed E-state index contributed by atoms with van der Waals surface area (Å²) in [4.78, 5) is 0. The summed E-state index contributed by atoms with van der Waals surface area (Å²) in [6.07, 6.45) is 11.5. The maximum Gasteiger partial charge on any atom is 0.0630 e. The minimum absolute atomic E-state index is 0.477. The SMILES string of the molecule is CCC(CC)n1ccc(CC2(CNC)CC3CCC2C3)n1. The quantitative estimate of drug-likeness (QED) is 0.827. The molecule has 1 aromatic rings. The molecular weight excluding hydrogens is 258 g/mol. The van der Waals surface area contributed by atoms with E-state index in [1.54, 1.807) is 0 Å². The molecule has 3 nitrogen and oxygen atoms in total. The second-order valence-electron chi connectivity index (χ2n) is 7.41. The Morgan fingerprint density at radius 1 is 1.38 bits per heavy atom. The van der Waals surface area contributed by atoms with Crippen molar-refractivity contribution in [3.8, 4) is 0 Å². The summed E-state index contributed by atoms with van der Waals surface area (Å²) in [6, 6.07) is 2.83. The van der Waals surface area contributed by atoms with E-state index in [4.69, 9.17) is 5.10 Å². The van der Waals surface area contributed by atoms with E-state index in [0.29, 0.717) is 11.5 Å². The highest BCUT2D eigenvalue weighted by atomic mass is 15.3. The summed E-state index contributed by atoms with van der Waals surface area (Å²) in [7, 11) is 2.11. The van der Waals surface area contributed by atoms with E-state index in [9.17, 15) is 0 Å². The number of rotatable bonds is 7. The molecule has 3 unspecified atom stereocenters. The van der Waals surface area contributed by atoms with E-state index in [-0.39, 0.29) is 0 Å². The molecule has 2 saturated carbocycles. The van der Waals surface area contributed by atoms with Gasteiger partial charge in [0.15, 0.2) is 0 Å². The van der Waals surface area contributed by atoms with Crippen molar-refractivity contribution in [3.05, 3.63) is 18.0 Å². The van der Waals surface area contributed by atoms with Crippen molar-refractivity contribution in [3.63, 3.8) is 0 Å². The van der Waals surface area contributed by atoms with E-state index in [1.807, 2.05) is 0 Å². The van der Waals surface area contributed by atoms with Gasteiger partial charge in [0.25, 0.3) is 0 Å². The lowest BCUT2D eigenvalue weighted by molar-refractivity contribution is 0.158. The van der Waals surface area contributed by atoms with Crippen molar-refractivity contribution in [1.82, 2.24) is 15.1 Å². The van der Waals surface area contributed by atoms with Gasteiger partial charge in [0.05, 0.1) is 11.7 Å². The van der Waals surface area contributed by atoms with Crippen LogP contribution in [0.4, 0.5) is 0 Å². The van der Waals surface area contributed by atoms with Gasteiger partial charge in [-0.2, -0.15) is 5.10 Å². The van der Waals surface area contributed by atoms with E-state index < -0.39 is 0 Å². The molecule has 1 aromatic heterocycles. The Balaban J connectivity index is 1.75. The molecule has 0 aliphatic heterocycles. The summed E-state index contributed by atoms with van der Waals surface area (Å²) in [5, 5.41) is 8.39. The third-order valence-electron chi connectivity index (χ3n) is 6.14. The second kappa shape index (κ2) is 6.12.